The second kappa shape index (κ2) is 5.66. The molecule has 0 heterocycles. The summed E-state index contributed by atoms with van der Waals surface area (Å²) in [5, 5.41) is 9.11. The third-order valence-corrected chi connectivity index (χ3v) is 5.77. The van der Waals surface area contributed by atoms with Crippen molar-refractivity contribution in [3.05, 3.63) is 29.1 Å². The fraction of sp³-hybridized carbons (Fsp3) is 0.600. The van der Waals surface area contributed by atoms with Crippen molar-refractivity contribution >= 4 is 10.0 Å². The van der Waals surface area contributed by atoms with Gasteiger partial charge in [-0.1, -0.05) is 13.8 Å². The monoisotopic (exact) mass is 315 g/mol. The lowest BCUT2D eigenvalue weighted by Gasteiger charge is -2.18. The van der Waals surface area contributed by atoms with Crippen molar-refractivity contribution in [2.45, 2.75) is 57.6 Å². The summed E-state index contributed by atoms with van der Waals surface area (Å²) in [6, 6.07) is 2.37. The highest BCUT2D eigenvalue weighted by molar-refractivity contribution is 7.89. The molecule has 118 valence electrons. The quantitative estimate of drug-likeness (QED) is 0.897. The van der Waals surface area contributed by atoms with Crippen LogP contribution in [0.1, 0.15) is 44.2 Å². The fourth-order valence-electron chi connectivity index (χ4n) is 2.90. The number of hydrogen-bond acceptors (Lipinski definition) is 3. The molecule has 1 saturated carbocycles. The Morgan fingerprint density at radius 3 is 2.62 bits per heavy atom. The van der Waals surface area contributed by atoms with Crippen LogP contribution < -0.4 is 4.72 Å². The van der Waals surface area contributed by atoms with Crippen LogP contribution in [-0.2, 0) is 16.6 Å². The van der Waals surface area contributed by atoms with E-state index in [4.69, 9.17) is 5.11 Å². The average molecular weight is 315 g/mol. The van der Waals surface area contributed by atoms with Gasteiger partial charge in [0.25, 0.3) is 0 Å². The second-order valence-electron chi connectivity index (χ2n) is 6.58. The van der Waals surface area contributed by atoms with Gasteiger partial charge in [0, 0.05) is 11.6 Å². The van der Waals surface area contributed by atoms with Crippen LogP contribution in [0.2, 0.25) is 0 Å². The van der Waals surface area contributed by atoms with Gasteiger partial charge < -0.3 is 5.11 Å². The van der Waals surface area contributed by atoms with Gasteiger partial charge in [-0.25, -0.2) is 17.5 Å². The molecular weight excluding hydrogens is 293 g/mol. The van der Waals surface area contributed by atoms with Gasteiger partial charge in [-0.3, -0.25) is 0 Å². The molecule has 2 N–H and O–H groups in total. The molecule has 1 aliphatic rings. The highest BCUT2D eigenvalue weighted by Crippen LogP contribution is 2.37. The van der Waals surface area contributed by atoms with E-state index < -0.39 is 22.4 Å². The highest BCUT2D eigenvalue weighted by Gasteiger charge is 2.34. The van der Waals surface area contributed by atoms with Gasteiger partial charge in [0.2, 0.25) is 10.0 Å². The summed E-state index contributed by atoms with van der Waals surface area (Å²) in [5.41, 5.74) is 0.461. The fourth-order valence-corrected chi connectivity index (χ4v) is 4.47. The molecule has 21 heavy (non-hydrogen) atoms. The third kappa shape index (κ3) is 3.62. The number of benzene rings is 1. The summed E-state index contributed by atoms with van der Waals surface area (Å²) in [6.45, 7) is 5.26. The number of rotatable bonds is 4. The van der Waals surface area contributed by atoms with Crippen molar-refractivity contribution in [3.63, 3.8) is 0 Å². The first-order chi connectivity index (χ1) is 9.64. The normalized spacial score (nSPS) is 21.7. The van der Waals surface area contributed by atoms with E-state index in [0.29, 0.717) is 0 Å². The first kappa shape index (κ1) is 16.4. The van der Waals surface area contributed by atoms with Crippen LogP contribution in [0, 0.1) is 18.2 Å². The second-order valence-corrected chi connectivity index (χ2v) is 8.27. The van der Waals surface area contributed by atoms with Crippen LogP contribution in [0.5, 0.6) is 0 Å². The Labute approximate surface area is 125 Å². The van der Waals surface area contributed by atoms with Gasteiger partial charge in [0.05, 0.1) is 11.5 Å². The molecular formula is C15H22FNO3S. The molecule has 0 amide bonds. The number of aliphatic hydroxyl groups excluding tert-OH is 1. The Hall–Kier alpha value is -0.980. The predicted molar refractivity (Wildman–Crippen MR) is 78.8 cm³/mol. The molecule has 2 rings (SSSR count). The van der Waals surface area contributed by atoms with Crippen molar-refractivity contribution in [2.24, 2.45) is 5.41 Å². The Morgan fingerprint density at radius 2 is 2.10 bits per heavy atom. The zero-order valence-corrected chi connectivity index (χ0v) is 13.4. The first-order valence-electron chi connectivity index (χ1n) is 7.07. The van der Waals surface area contributed by atoms with E-state index in [0.717, 1.165) is 25.3 Å². The van der Waals surface area contributed by atoms with E-state index in [1.165, 1.54) is 13.0 Å². The van der Waals surface area contributed by atoms with Crippen molar-refractivity contribution < 1.29 is 17.9 Å². The smallest absolute Gasteiger partial charge is 0.241 e. The van der Waals surface area contributed by atoms with E-state index >= 15 is 0 Å². The highest BCUT2D eigenvalue weighted by atomic mass is 32.2. The summed E-state index contributed by atoms with van der Waals surface area (Å²) >= 11 is 0. The zero-order valence-electron chi connectivity index (χ0n) is 12.6. The number of nitrogens with one attached hydrogen (secondary N) is 1. The standard InChI is InChI=1S/C15H22FNO3S/c1-10-13(16)6-11(9-18)7-14(10)21(19,20)17-12-4-5-15(2,3)8-12/h6-7,12,17-18H,4-5,8-9H2,1-3H3. The predicted octanol–water partition coefficient (Wildman–Crippen LogP) is 2.48. The van der Waals surface area contributed by atoms with Crippen LogP contribution in [0.25, 0.3) is 0 Å². The maximum Gasteiger partial charge on any atom is 0.241 e. The largest absolute Gasteiger partial charge is 0.392 e. The van der Waals surface area contributed by atoms with Crippen LogP contribution in [0.4, 0.5) is 4.39 Å². The van der Waals surface area contributed by atoms with E-state index in [-0.39, 0.29) is 27.5 Å². The molecule has 1 unspecified atom stereocenters. The number of halogens is 1. The summed E-state index contributed by atoms with van der Waals surface area (Å²) < 4.78 is 41.4. The Balaban J connectivity index is 2.30. The molecule has 0 spiro atoms. The maximum atomic E-state index is 13.8. The minimum absolute atomic E-state index is 0.0805. The van der Waals surface area contributed by atoms with Gasteiger partial charge in [-0.2, -0.15) is 0 Å². The molecule has 1 aliphatic carbocycles. The number of aliphatic hydroxyl groups is 1. The van der Waals surface area contributed by atoms with Gasteiger partial charge >= 0.3 is 0 Å². The van der Waals surface area contributed by atoms with Gasteiger partial charge in [0.1, 0.15) is 5.82 Å². The summed E-state index contributed by atoms with van der Waals surface area (Å²) in [6.07, 6.45) is 2.52. The van der Waals surface area contributed by atoms with Gasteiger partial charge in [-0.15, -0.1) is 0 Å². The third-order valence-electron chi connectivity index (χ3n) is 4.12. The summed E-state index contributed by atoms with van der Waals surface area (Å²) in [5.74, 6) is -0.617. The molecule has 0 aromatic heterocycles. The Morgan fingerprint density at radius 1 is 1.43 bits per heavy atom. The lowest BCUT2D eigenvalue weighted by Crippen LogP contribution is -2.34. The van der Waals surface area contributed by atoms with E-state index in [9.17, 15) is 12.8 Å². The Kier molecular flexibility index (Phi) is 4.42. The molecule has 1 atom stereocenters. The summed E-state index contributed by atoms with van der Waals surface area (Å²) in [4.78, 5) is -0.0868. The Bertz CT molecular complexity index is 641. The zero-order chi connectivity index (χ0) is 15.8. The van der Waals surface area contributed by atoms with Crippen molar-refractivity contribution in [3.8, 4) is 0 Å². The van der Waals surface area contributed by atoms with Crippen LogP contribution in [0.15, 0.2) is 17.0 Å². The maximum absolute atomic E-state index is 13.8. The molecule has 1 aromatic rings. The van der Waals surface area contributed by atoms with Crippen LogP contribution >= 0.6 is 0 Å². The molecule has 6 heteroatoms. The van der Waals surface area contributed by atoms with Crippen molar-refractivity contribution in [2.75, 3.05) is 0 Å². The molecule has 1 fully saturated rings. The van der Waals surface area contributed by atoms with Crippen LogP contribution in [0.3, 0.4) is 0 Å². The number of sulfonamides is 1. The molecule has 4 nitrogen and oxygen atoms in total. The van der Waals surface area contributed by atoms with Crippen LogP contribution in [-0.4, -0.2) is 19.6 Å². The molecule has 1 aromatic carbocycles. The molecule has 0 bridgehead atoms. The first-order valence-corrected chi connectivity index (χ1v) is 8.55. The minimum atomic E-state index is -3.78. The SMILES string of the molecule is Cc1c(F)cc(CO)cc1S(=O)(=O)NC1CCC(C)(C)C1. The molecule has 0 radical (unpaired) electrons. The topological polar surface area (TPSA) is 66.4 Å². The minimum Gasteiger partial charge on any atom is -0.392 e. The van der Waals surface area contributed by atoms with E-state index in [1.54, 1.807) is 0 Å². The summed E-state index contributed by atoms with van der Waals surface area (Å²) in [7, 11) is -3.78. The lowest BCUT2D eigenvalue weighted by molar-refractivity contribution is 0.281. The molecule has 0 saturated heterocycles. The van der Waals surface area contributed by atoms with Gasteiger partial charge in [-0.05, 0) is 49.3 Å². The average Bonchev–Trinajstić information content (AvgIpc) is 2.70. The van der Waals surface area contributed by atoms with E-state index in [1.807, 2.05) is 0 Å². The van der Waals surface area contributed by atoms with Crippen molar-refractivity contribution in [1.29, 1.82) is 0 Å². The van der Waals surface area contributed by atoms with E-state index in [2.05, 4.69) is 18.6 Å². The number of hydrogen-bond donors (Lipinski definition) is 2. The van der Waals surface area contributed by atoms with Gasteiger partial charge in [0.15, 0.2) is 0 Å². The van der Waals surface area contributed by atoms with Crippen molar-refractivity contribution in [1.82, 2.24) is 4.72 Å². The lowest BCUT2D eigenvalue weighted by atomic mass is 9.92. The molecule has 0 aliphatic heterocycles.